The number of benzene rings is 1. The van der Waals surface area contributed by atoms with Gasteiger partial charge in [0.1, 0.15) is 0 Å². The maximum Gasteiger partial charge on any atom is 0.328 e. The Labute approximate surface area is 96.0 Å². The normalized spacial score (nSPS) is 13.2. The van der Waals surface area contributed by atoms with Crippen LogP contribution in [0.25, 0.3) is 6.08 Å². The van der Waals surface area contributed by atoms with Crippen LogP contribution in [0.1, 0.15) is 24.1 Å². The van der Waals surface area contributed by atoms with Crippen molar-refractivity contribution in [2.24, 2.45) is 0 Å². The van der Waals surface area contributed by atoms with Crippen LogP contribution in [0.2, 0.25) is 0 Å². The Morgan fingerprint density at radius 3 is 2.56 bits per heavy atom. The molecule has 0 saturated carbocycles. The molecule has 1 atom stereocenters. The van der Waals surface area contributed by atoms with E-state index in [0.717, 1.165) is 11.1 Å². The molecule has 0 saturated heterocycles. The smallest absolute Gasteiger partial charge is 0.328 e. The summed E-state index contributed by atoms with van der Waals surface area (Å²) in [6.07, 6.45) is 2.80. The fraction of sp³-hybridized carbons (Fsp3) is 0.308. The first-order valence-corrected chi connectivity index (χ1v) is 5.18. The Hall–Kier alpha value is -1.61. The van der Waals surface area contributed by atoms with Crippen molar-refractivity contribution in [1.82, 2.24) is 4.90 Å². The molecule has 0 spiro atoms. The van der Waals surface area contributed by atoms with E-state index in [1.54, 1.807) is 6.08 Å². The Balaban J connectivity index is 3.05. The zero-order valence-electron chi connectivity index (χ0n) is 9.84. The lowest BCUT2D eigenvalue weighted by molar-refractivity contribution is -0.131. The highest BCUT2D eigenvalue weighted by atomic mass is 16.4. The monoisotopic (exact) mass is 219 g/mol. The topological polar surface area (TPSA) is 40.5 Å². The predicted octanol–water partition coefficient (Wildman–Crippen LogP) is 2.41. The van der Waals surface area contributed by atoms with Gasteiger partial charge in [-0.3, -0.25) is 0 Å². The van der Waals surface area contributed by atoms with Gasteiger partial charge in [0, 0.05) is 12.1 Å². The summed E-state index contributed by atoms with van der Waals surface area (Å²) in [6, 6.07) is 8.08. The molecule has 86 valence electrons. The van der Waals surface area contributed by atoms with Crippen LogP contribution in [0.4, 0.5) is 0 Å². The highest BCUT2D eigenvalue weighted by Gasteiger charge is 2.10. The summed E-state index contributed by atoms with van der Waals surface area (Å²) in [7, 11) is 4.00. The lowest BCUT2D eigenvalue weighted by Crippen LogP contribution is -2.17. The van der Waals surface area contributed by atoms with Crippen LogP contribution in [0, 0.1) is 0 Å². The molecule has 16 heavy (non-hydrogen) atoms. The van der Waals surface area contributed by atoms with Crippen molar-refractivity contribution in [3.63, 3.8) is 0 Å². The Morgan fingerprint density at radius 2 is 2.00 bits per heavy atom. The van der Waals surface area contributed by atoms with E-state index in [9.17, 15) is 4.79 Å². The third-order valence-electron chi connectivity index (χ3n) is 2.63. The maximum atomic E-state index is 10.5. The first-order valence-electron chi connectivity index (χ1n) is 5.18. The van der Waals surface area contributed by atoms with Gasteiger partial charge in [0.15, 0.2) is 0 Å². The van der Waals surface area contributed by atoms with Gasteiger partial charge in [0.25, 0.3) is 0 Å². The number of hydrogen-bond donors (Lipinski definition) is 1. The Bertz CT molecular complexity index is 397. The predicted molar refractivity (Wildman–Crippen MR) is 65.2 cm³/mol. The standard InChI is InChI=1S/C13H17NO2/c1-10(14(2)3)12-7-5-4-6-11(12)8-9-13(15)16/h4-10H,1-3H3,(H,15,16)/b9-8+. The molecule has 0 aliphatic carbocycles. The van der Waals surface area contributed by atoms with Gasteiger partial charge in [-0.2, -0.15) is 0 Å². The second-order valence-corrected chi connectivity index (χ2v) is 3.94. The average molecular weight is 219 g/mol. The summed E-state index contributed by atoms with van der Waals surface area (Å²) in [5.41, 5.74) is 2.08. The minimum absolute atomic E-state index is 0.259. The van der Waals surface area contributed by atoms with Gasteiger partial charge in [-0.1, -0.05) is 24.3 Å². The largest absolute Gasteiger partial charge is 0.478 e. The highest BCUT2D eigenvalue weighted by molar-refractivity contribution is 5.85. The van der Waals surface area contributed by atoms with Crippen molar-refractivity contribution in [3.05, 3.63) is 41.5 Å². The third-order valence-corrected chi connectivity index (χ3v) is 2.63. The van der Waals surface area contributed by atoms with E-state index >= 15 is 0 Å². The van der Waals surface area contributed by atoms with Crippen molar-refractivity contribution >= 4 is 12.0 Å². The van der Waals surface area contributed by atoms with Crippen LogP contribution in [0.15, 0.2) is 30.3 Å². The van der Waals surface area contributed by atoms with E-state index in [2.05, 4.69) is 11.8 Å². The Kier molecular flexibility index (Phi) is 4.26. The molecule has 1 aromatic carbocycles. The molecule has 1 aromatic rings. The van der Waals surface area contributed by atoms with Crippen LogP contribution >= 0.6 is 0 Å². The van der Waals surface area contributed by atoms with E-state index in [0.29, 0.717) is 0 Å². The number of aliphatic carboxylic acids is 1. The highest BCUT2D eigenvalue weighted by Crippen LogP contribution is 2.22. The zero-order chi connectivity index (χ0) is 12.1. The van der Waals surface area contributed by atoms with Gasteiger partial charge in [-0.25, -0.2) is 4.79 Å². The van der Waals surface area contributed by atoms with Crippen LogP contribution in [-0.4, -0.2) is 30.1 Å². The van der Waals surface area contributed by atoms with E-state index < -0.39 is 5.97 Å². The van der Waals surface area contributed by atoms with Crippen molar-refractivity contribution in [2.45, 2.75) is 13.0 Å². The summed E-state index contributed by atoms with van der Waals surface area (Å²) in [5.74, 6) is -0.924. The fourth-order valence-corrected chi connectivity index (χ4v) is 1.48. The summed E-state index contributed by atoms with van der Waals surface area (Å²) < 4.78 is 0. The second-order valence-electron chi connectivity index (χ2n) is 3.94. The second kappa shape index (κ2) is 5.47. The summed E-state index contributed by atoms with van der Waals surface area (Å²) in [6.45, 7) is 2.09. The fourth-order valence-electron chi connectivity index (χ4n) is 1.48. The molecule has 0 bridgehead atoms. The van der Waals surface area contributed by atoms with Crippen molar-refractivity contribution in [2.75, 3.05) is 14.1 Å². The first-order chi connectivity index (χ1) is 7.52. The van der Waals surface area contributed by atoms with Crippen LogP contribution in [-0.2, 0) is 4.79 Å². The molecular weight excluding hydrogens is 202 g/mol. The van der Waals surface area contributed by atoms with Gasteiger partial charge >= 0.3 is 5.97 Å². The molecule has 0 radical (unpaired) electrons. The number of rotatable bonds is 4. The number of carbonyl (C=O) groups is 1. The maximum absolute atomic E-state index is 10.5. The van der Waals surface area contributed by atoms with Crippen molar-refractivity contribution in [3.8, 4) is 0 Å². The molecule has 0 aromatic heterocycles. The SMILES string of the molecule is CC(c1ccccc1/C=C/C(=O)O)N(C)C. The van der Waals surface area contributed by atoms with Gasteiger partial charge in [-0.05, 0) is 38.2 Å². The molecule has 0 fully saturated rings. The lowest BCUT2D eigenvalue weighted by Gasteiger charge is -2.21. The summed E-state index contributed by atoms with van der Waals surface area (Å²) in [4.78, 5) is 12.6. The Morgan fingerprint density at radius 1 is 1.38 bits per heavy atom. The quantitative estimate of drug-likeness (QED) is 0.790. The minimum atomic E-state index is -0.924. The number of carboxylic acid groups (broad SMARTS) is 1. The summed E-state index contributed by atoms with van der Waals surface area (Å²) in [5, 5.41) is 8.62. The van der Waals surface area contributed by atoms with E-state index in [4.69, 9.17) is 5.11 Å². The van der Waals surface area contributed by atoms with Crippen LogP contribution in [0.3, 0.4) is 0 Å². The van der Waals surface area contributed by atoms with E-state index in [1.807, 2.05) is 38.4 Å². The van der Waals surface area contributed by atoms with Gasteiger partial charge in [-0.15, -0.1) is 0 Å². The average Bonchev–Trinajstić information content (AvgIpc) is 2.25. The third kappa shape index (κ3) is 3.21. The molecule has 1 unspecified atom stereocenters. The number of nitrogens with zero attached hydrogens (tertiary/aromatic N) is 1. The molecule has 1 N–H and O–H groups in total. The molecular formula is C13H17NO2. The molecule has 0 heterocycles. The molecule has 3 heteroatoms. The van der Waals surface area contributed by atoms with Gasteiger partial charge in [0.2, 0.25) is 0 Å². The summed E-state index contributed by atoms with van der Waals surface area (Å²) >= 11 is 0. The van der Waals surface area contributed by atoms with E-state index in [1.165, 1.54) is 6.08 Å². The van der Waals surface area contributed by atoms with Crippen LogP contribution in [0.5, 0.6) is 0 Å². The number of hydrogen-bond acceptors (Lipinski definition) is 2. The molecule has 0 aliphatic rings. The molecule has 1 rings (SSSR count). The minimum Gasteiger partial charge on any atom is -0.478 e. The van der Waals surface area contributed by atoms with Gasteiger partial charge < -0.3 is 10.0 Å². The molecule has 0 aliphatic heterocycles. The molecule has 3 nitrogen and oxygen atoms in total. The van der Waals surface area contributed by atoms with Crippen molar-refractivity contribution < 1.29 is 9.90 Å². The van der Waals surface area contributed by atoms with Gasteiger partial charge in [0.05, 0.1) is 0 Å². The van der Waals surface area contributed by atoms with E-state index in [-0.39, 0.29) is 6.04 Å². The van der Waals surface area contributed by atoms with Crippen LogP contribution < -0.4 is 0 Å². The zero-order valence-corrected chi connectivity index (χ0v) is 9.84. The lowest BCUT2D eigenvalue weighted by atomic mass is 10.0. The van der Waals surface area contributed by atoms with Crippen molar-refractivity contribution in [1.29, 1.82) is 0 Å². The first kappa shape index (κ1) is 12.5. The molecule has 0 amide bonds. The number of carboxylic acids is 1.